The SMILES string of the molecule is CCC1(C(=O)Nc2ccc(C(N)=O)cc2)CCNCC1. The van der Waals surface area contributed by atoms with Crippen LogP contribution in [-0.4, -0.2) is 24.9 Å². The molecule has 20 heavy (non-hydrogen) atoms. The number of hydrogen-bond acceptors (Lipinski definition) is 3. The van der Waals surface area contributed by atoms with Crippen molar-refractivity contribution in [3.05, 3.63) is 29.8 Å². The normalized spacial score (nSPS) is 17.4. The van der Waals surface area contributed by atoms with Gasteiger partial charge in [-0.25, -0.2) is 0 Å². The molecule has 1 heterocycles. The number of amides is 2. The first-order valence-corrected chi connectivity index (χ1v) is 6.99. The van der Waals surface area contributed by atoms with Gasteiger partial charge >= 0.3 is 0 Å². The Labute approximate surface area is 118 Å². The summed E-state index contributed by atoms with van der Waals surface area (Å²) in [6.45, 7) is 3.81. The van der Waals surface area contributed by atoms with Gasteiger partial charge in [0.25, 0.3) is 0 Å². The number of piperidine rings is 1. The fourth-order valence-corrected chi connectivity index (χ4v) is 2.63. The molecule has 0 spiro atoms. The topological polar surface area (TPSA) is 84.2 Å². The lowest BCUT2D eigenvalue weighted by atomic mass is 9.76. The van der Waals surface area contributed by atoms with Crippen LogP contribution < -0.4 is 16.4 Å². The first kappa shape index (κ1) is 14.5. The van der Waals surface area contributed by atoms with Gasteiger partial charge in [0, 0.05) is 11.3 Å². The average Bonchev–Trinajstić information content (AvgIpc) is 2.48. The second kappa shape index (κ2) is 6.05. The maximum atomic E-state index is 12.5. The summed E-state index contributed by atoms with van der Waals surface area (Å²) >= 11 is 0. The predicted octanol–water partition coefficient (Wildman–Crippen LogP) is 1.50. The van der Waals surface area contributed by atoms with Crippen LogP contribution in [0, 0.1) is 5.41 Å². The lowest BCUT2D eigenvalue weighted by Crippen LogP contribution is -2.44. The number of rotatable bonds is 4. The van der Waals surface area contributed by atoms with Gasteiger partial charge in [-0.05, 0) is 56.6 Å². The van der Waals surface area contributed by atoms with Crippen LogP contribution in [0.1, 0.15) is 36.5 Å². The third kappa shape index (κ3) is 2.99. The van der Waals surface area contributed by atoms with E-state index < -0.39 is 5.91 Å². The standard InChI is InChI=1S/C15H21N3O2/c1-2-15(7-9-17-10-8-15)14(20)18-12-5-3-11(4-6-12)13(16)19/h3-6,17H,2,7-10H2,1H3,(H2,16,19)(H,18,20). The van der Waals surface area contributed by atoms with Crippen molar-refractivity contribution >= 4 is 17.5 Å². The minimum Gasteiger partial charge on any atom is -0.366 e. The van der Waals surface area contributed by atoms with Gasteiger partial charge in [0.2, 0.25) is 11.8 Å². The number of hydrogen-bond donors (Lipinski definition) is 3. The van der Waals surface area contributed by atoms with Gasteiger partial charge in [-0.3, -0.25) is 9.59 Å². The molecule has 1 fully saturated rings. The Balaban J connectivity index is 2.08. The van der Waals surface area contributed by atoms with E-state index in [1.165, 1.54) is 0 Å². The number of primary amides is 1. The molecule has 1 aromatic carbocycles. The van der Waals surface area contributed by atoms with Gasteiger partial charge < -0.3 is 16.4 Å². The fourth-order valence-electron chi connectivity index (χ4n) is 2.63. The Morgan fingerprint density at radius 1 is 1.25 bits per heavy atom. The van der Waals surface area contributed by atoms with Gasteiger partial charge in [0.1, 0.15) is 0 Å². The number of benzene rings is 1. The van der Waals surface area contributed by atoms with Crippen LogP contribution in [0.5, 0.6) is 0 Å². The largest absolute Gasteiger partial charge is 0.366 e. The third-order valence-corrected chi connectivity index (χ3v) is 4.15. The zero-order valence-electron chi connectivity index (χ0n) is 11.7. The molecule has 0 aliphatic carbocycles. The fraction of sp³-hybridized carbons (Fsp3) is 0.467. The van der Waals surface area contributed by atoms with Crippen LogP contribution in [0.2, 0.25) is 0 Å². The molecule has 4 N–H and O–H groups in total. The highest BCUT2D eigenvalue weighted by atomic mass is 16.2. The summed E-state index contributed by atoms with van der Waals surface area (Å²) in [5.41, 5.74) is 6.05. The van der Waals surface area contributed by atoms with Crippen LogP contribution in [-0.2, 0) is 4.79 Å². The lowest BCUT2D eigenvalue weighted by Gasteiger charge is -2.35. The molecule has 0 aromatic heterocycles. The second-order valence-corrected chi connectivity index (χ2v) is 5.28. The molecule has 5 nitrogen and oxygen atoms in total. The monoisotopic (exact) mass is 275 g/mol. The summed E-state index contributed by atoms with van der Waals surface area (Å²) in [4.78, 5) is 23.5. The molecule has 1 aromatic rings. The highest BCUT2D eigenvalue weighted by Gasteiger charge is 2.37. The van der Waals surface area contributed by atoms with Gasteiger partial charge in [-0.1, -0.05) is 6.92 Å². The number of carbonyl (C=O) groups excluding carboxylic acids is 2. The van der Waals surface area contributed by atoms with Crippen molar-refractivity contribution in [2.24, 2.45) is 11.1 Å². The zero-order chi connectivity index (χ0) is 14.6. The van der Waals surface area contributed by atoms with E-state index >= 15 is 0 Å². The van der Waals surface area contributed by atoms with Crippen LogP contribution in [0.3, 0.4) is 0 Å². The van der Waals surface area contributed by atoms with Crippen LogP contribution in [0.15, 0.2) is 24.3 Å². The van der Waals surface area contributed by atoms with Crippen molar-refractivity contribution in [2.45, 2.75) is 26.2 Å². The van der Waals surface area contributed by atoms with E-state index in [0.29, 0.717) is 11.3 Å². The second-order valence-electron chi connectivity index (χ2n) is 5.28. The molecule has 2 rings (SSSR count). The smallest absolute Gasteiger partial charge is 0.248 e. The molecule has 1 saturated heterocycles. The lowest BCUT2D eigenvalue weighted by molar-refractivity contribution is -0.127. The molecule has 0 unspecified atom stereocenters. The quantitative estimate of drug-likeness (QED) is 0.778. The van der Waals surface area contributed by atoms with Gasteiger partial charge in [-0.2, -0.15) is 0 Å². The maximum Gasteiger partial charge on any atom is 0.248 e. The van der Waals surface area contributed by atoms with E-state index in [1.807, 2.05) is 0 Å². The third-order valence-electron chi connectivity index (χ3n) is 4.15. The van der Waals surface area contributed by atoms with Gasteiger partial charge in [0.05, 0.1) is 5.41 Å². The molecular weight excluding hydrogens is 254 g/mol. The number of nitrogens with two attached hydrogens (primary N) is 1. The van der Waals surface area contributed by atoms with E-state index in [-0.39, 0.29) is 11.3 Å². The summed E-state index contributed by atoms with van der Waals surface area (Å²) in [5.74, 6) is -0.403. The summed E-state index contributed by atoms with van der Waals surface area (Å²) in [7, 11) is 0. The zero-order valence-corrected chi connectivity index (χ0v) is 11.7. The van der Waals surface area contributed by atoms with E-state index in [1.54, 1.807) is 24.3 Å². The number of nitrogens with one attached hydrogen (secondary N) is 2. The molecule has 1 aliphatic rings. The molecule has 0 radical (unpaired) electrons. The first-order valence-electron chi connectivity index (χ1n) is 6.99. The van der Waals surface area contributed by atoms with Gasteiger partial charge in [-0.15, -0.1) is 0 Å². The summed E-state index contributed by atoms with van der Waals surface area (Å²) < 4.78 is 0. The summed E-state index contributed by atoms with van der Waals surface area (Å²) in [6.07, 6.45) is 2.54. The van der Waals surface area contributed by atoms with Gasteiger partial charge in [0.15, 0.2) is 0 Å². The van der Waals surface area contributed by atoms with Crippen molar-refractivity contribution in [3.63, 3.8) is 0 Å². The Bertz CT molecular complexity index is 490. The Morgan fingerprint density at radius 3 is 2.35 bits per heavy atom. The minimum atomic E-state index is -0.466. The number of anilines is 1. The van der Waals surface area contributed by atoms with Crippen molar-refractivity contribution < 1.29 is 9.59 Å². The van der Waals surface area contributed by atoms with E-state index in [2.05, 4.69) is 17.6 Å². The highest BCUT2D eigenvalue weighted by Crippen LogP contribution is 2.33. The Hall–Kier alpha value is -1.88. The Kier molecular flexibility index (Phi) is 4.39. The van der Waals surface area contributed by atoms with E-state index in [4.69, 9.17) is 5.73 Å². The predicted molar refractivity (Wildman–Crippen MR) is 78.4 cm³/mol. The molecule has 5 heteroatoms. The molecule has 1 aliphatic heterocycles. The molecule has 0 atom stereocenters. The van der Waals surface area contributed by atoms with Crippen LogP contribution >= 0.6 is 0 Å². The van der Waals surface area contributed by atoms with Crippen LogP contribution in [0.4, 0.5) is 5.69 Å². The van der Waals surface area contributed by atoms with E-state index in [0.717, 1.165) is 32.4 Å². The molecule has 2 amide bonds. The van der Waals surface area contributed by atoms with Crippen molar-refractivity contribution in [1.82, 2.24) is 5.32 Å². The first-order chi connectivity index (χ1) is 9.57. The summed E-state index contributed by atoms with van der Waals surface area (Å²) in [6, 6.07) is 6.67. The molecular formula is C15H21N3O2. The van der Waals surface area contributed by atoms with Crippen molar-refractivity contribution in [1.29, 1.82) is 0 Å². The Morgan fingerprint density at radius 2 is 1.85 bits per heavy atom. The van der Waals surface area contributed by atoms with Crippen molar-refractivity contribution in [2.75, 3.05) is 18.4 Å². The molecule has 0 bridgehead atoms. The maximum absolute atomic E-state index is 12.5. The molecule has 0 saturated carbocycles. The average molecular weight is 275 g/mol. The van der Waals surface area contributed by atoms with E-state index in [9.17, 15) is 9.59 Å². The van der Waals surface area contributed by atoms with Crippen LogP contribution in [0.25, 0.3) is 0 Å². The molecule has 108 valence electrons. The minimum absolute atomic E-state index is 0.0633. The van der Waals surface area contributed by atoms with Crippen molar-refractivity contribution in [3.8, 4) is 0 Å². The highest BCUT2D eigenvalue weighted by molar-refractivity contribution is 5.97. The number of carbonyl (C=O) groups is 2. The summed E-state index contributed by atoms with van der Waals surface area (Å²) in [5, 5.41) is 6.23.